The lowest BCUT2D eigenvalue weighted by Crippen LogP contribution is -2.38. The predicted molar refractivity (Wildman–Crippen MR) is 75.2 cm³/mol. The molecule has 2 heterocycles. The first kappa shape index (κ1) is 14.6. The summed E-state index contributed by atoms with van der Waals surface area (Å²) in [7, 11) is 0. The molecule has 0 aliphatic carbocycles. The summed E-state index contributed by atoms with van der Waals surface area (Å²) in [4.78, 5) is 13.8. The smallest absolute Gasteiger partial charge is 0.410 e. The molecule has 2 N–H and O–H groups in total. The van der Waals surface area contributed by atoms with Gasteiger partial charge in [0.15, 0.2) is 0 Å². The van der Waals surface area contributed by atoms with E-state index in [0.717, 1.165) is 39.1 Å². The highest BCUT2D eigenvalue weighted by molar-refractivity contribution is 5.68. The molecule has 0 radical (unpaired) electrons. The molecule has 0 saturated carbocycles. The van der Waals surface area contributed by atoms with Gasteiger partial charge in [0.25, 0.3) is 0 Å². The largest absolute Gasteiger partial charge is 0.444 e. The lowest BCUT2D eigenvalue weighted by molar-refractivity contribution is 0.0288. The van der Waals surface area contributed by atoms with Gasteiger partial charge in [-0.2, -0.15) is 0 Å². The summed E-state index contributed by atoms with van der Waals surface area (Å²) in [5.74, 6) is 0.563. The van der Waals surface area contributed by atoms with Crippen LogP contribution in [-0.4, -0.2) is 55.4 Å². The molecule has 0 bridgehead atoms. The Balaban J connectivity index is 1.68. The molecule has 0 spiro atoms. The average Bonchev–Trinajstić information content (AvgIpc) is 2.96. The fourth-order valence-corrected chi connectivity index (χ4v) is 2.65. The Kier molecular flexibility index (Phi) is 4.68. The molecule has 2 fully saturated rings. The molecule has 19 heavy (non-hydrogen) atoms. The summed E-state index contributed by atoms with van der Waals surface area (Å²) in [5, 5.41) is 6.94. The van der Waals surface area contributed by atoms with E-state index in [2.05, 4.69) is 10.6 Å². The van der Waals surface area contributed by atoms with Crippen LogP contribution in [-0.2, 0) is 4.74 Å². The van der Waals surface area contributed by atoms with Gasteiger partial charge in [-0.25, -0.2) is 4.79 Å². The normalized spacial score (nSPS) is 27.8. The van der Waals surface area contributed by atoms with Crippen molar-refractivity contribution in [3.05, 3.63) is 0 Å². The van der Waals surface area contributed by atoms with Crippen molar-refractivity contribution in [3.8, 4) is 0 Å². The summed E-state index contributed by atoms with van der Waals surface area (Å²) in [6.45, 7) is 10.6. The monoisotopic (exact) mass is 269 g/mol. The molecule has 0 aromatic carbocycles. The van der Waals surface area contributed by atoms with Crippen LogP contribution in [0.4, 0.5) is 4.79 Å². The zero-order valence-corrected chi connectivity index (χ0v) is 12.4. The zero-order valence-electron chi connectivity index (χ0n) is 12.4. The van der Waals surface area contributed by atoms with E-state index in [9.17, 15) is 4.79 Å². The Morgan fingerprint density at radius 3 is 2.84 bits per heavy atom. The third-order valence-corrected chi connectivity index (χ3v) is 3.69. The molecule has 2 aliphatic heterocycles. The number of nitrogens with zero attached hydrogens (tertiary/aromatic N) is 1. The SMILES string of the molecule is CC(C)(C)OC(=O)N1CCC(CNC2CCNC2)C1. The third kappa shape index (κ3) is 4.66. The number of nitrogens with one attached hydrogen (secondary N) is 2. The minimum atomic E-state index is -0.400. The highest BCUT2D eigenvalue weighted by atomic mass is 16.6. The van der Waals surface area contributed by atoms with E-state index in [4.69, 9.17) is 4.74 Å². The molecule has 2 aliphatic rings. The minimum Gasteiger partial charge on any atom is -0.444 e. The molecule has 2 atom stereocenters. The summed E-state index contributed by atoms with van der Waals surface area (Å²) < 4.78 is 5.40. The number of likely N-dealkylation sites (tertiary alicyclic amines) is 1. The Morgan fingerprint density at radius 2 is 2.21 bits per heavy atom. The fraction of sp³-hybridized carbons (Fsp3) is 0.929. The van der Waals surface area contributed by atoms with Crippen molar-refractivity contribution in [2.75, 3.05) is 32.7 Å². The Labute approximate surface area is 116 Å². The average molecular weight is 269 g/mol. The van der Waals surface area contributed by atoms with Crippen LogP contribution in [0.5, 0.6) is 0 Å². The van der Waals surface area contributed by atoms with Crippen LogP contribution in [0.3, 0.4) is 0 Å². The number of ether oxygens (including phenoxy) is 1. The summed E-state index contributed by atoms with van der Waals surface area (Å²) in [5.41, 5.74) is -0.400. The molecule has 5 nitrogen and oxygen atoms in total. The number of hydrogen-bond acceptors (Lipinski definition) is 4. The van der Waals surface area contributed by atoms with Gasteiger partial charge in [0.2, 0.25) is 0 Å². The van der Waals surface area contributed by atoms with Crippen molar-refractivity contribution in [2.24, 2.45) is 5.92 Å². The predicted octanol–water partition coefficient (Wildman–Crippen LogP) is 1.19. The van der Waals surface area contributed by atoms with E-state index in [1.165, 1.54) is 6.42 Å². The second kappa shape index (κ2) is 6.09. The van der Waals surface area contributed by atoms with Gasteiger partial charge >= 0.3 is 6.09 Å². The number of carbonyl (C=O) groups is 1. The Hall–Kier alpha value is -0.810. The fourth-order valence-electron chi connectivity index (χ4n) is 2.65. The standard InChI is InChI=1S/C14H27N3O2/c1-14(2,3)19-13(18)17-7-5-11(10-17)8-16-12-4-6-15-9-12/h11-12,15-16H,4-10H2,1-3H3. The Bertz CT molecular complexity index is 308. The van der Waals surface area contributed by atoms with Crippen molar-refractivity contribution < 1.29 is 9.53 Å². The van der Waals surface area contributed by atoms with Gasteiger partial charge in [0.05, 0.1) is 0 Å². The molecule has 2 rings (SSSR count). The van der Waals surface area contributed by atoms with Crippen molar-refractivity contribution in [1.82, 2.24) is 15.5 Å². The van der Waals surface area contributed by atoms with Crippen LogP contribution < -0.4 is 10.6 Å². The van der Waals surface area contributed by atoms with Gasteiger partial charge < -0.3 is 20.3 Å². The molecule has 5 heteroatoms. The van der Waals surface area contributed by atoms with Crippen molar-refractivity contribution in [2.45, 2.75) is 45.3 Å². The first-order chi connectivity index (χ1) is 8.94. The second-order valence-electron chi connectivity index (χ2n) is 6.68. The van der Waals surface area contributed by atoms with Gasteiger partial charge in [-0.15, -0.1) is 0 Å². The number of amides is 1. The zero-order chi connectivity index (χ0) is 13.9. The third-order valence-electron chi connectivity index (χ3n) is 3.69. The number of hydrogen-bond donors (Lipinski definition) is 2. The summed E-state index contributed by atoms with van der Waals surface area (Å²) in [6, 6.07) is 0.607. The maximum absolute atomic E-state index is 11.9. The van der Waals surface area contributed by atoms with E-state index in [-0.39, 0.29) is 6.09 Å². The van der Waals surface area contributed by atoms with Crippen LogP contribution in [0.15, 0.2) is 0 Å². The van der Waals surface area contributed by atoms with Crippen LogP contribution in [0.1, 0.15) is 33.6 Å². The summed E-state index contributed by atoms with van der Waals surface area (Å²) >= 11 is 0. The van der Waals surface area contributed by atoms with Crippen molar-refractivity contribution in [3.63, 3.8) is 0 Å². The van der Waals surface area contributed by atoms with Crippen LogP contribution >= 0.6 is 0 Å². The van der Waals surface area contributed by atoms with E-state index >= 15 is 0 Å². The van der Waals surface area contributed by atoms with Gasteiger partial charge in [-0.3, -0.25) is 0 Å². The van der Waals surface area contributed by atoms with E-state index in [1.54, 1.807) is 0 Å². The lowest BCUT2D eigenvalue weighted by Gasteiger charge is -2.24. The molecule has 0 aromatic heterocycles. The first-order valence-corrected chi connectivity index (χ1v) is 7.36. The molecule has 110 valence electrons. The van der Waals surface area contributed by atoms with Crippen LogP contribution in [0.2, 0.25) is 0 Å². The van der Waals surface area contributed by atoms with E-state index in [1.807, 2.05) is 25.7 Å². The minimum absolute atomic E-state index is 0.169. The first-order valence-electron chi connectivity index (χ1n) is 7.36. The molecular formula is C14H27N3O2. The Morgan fingerprint density at radius 1 is 1.42 bits per heavy atom. The van der Waals surface area contributed by atoms with Gasteiger partial charge in [-0.05, 0) is 46.1 Å². The quantitative estimate of drug-likeness (QED) is 0.808. The molecule has 1 amide bonds. The maximum atomic E-state index is 11.9. The van der Waals surface area contributed by atoms with E-state index in [0.29, 0.717) is 12.0 Å². The number of carbonyl (C=O) groups excluding carboxylic acids is 1. The topological polar surface area (TPSA) is 53.6 Å². The number of rotatable bonds is 3. The second-order valence-corrected chi connectivity index (χ2v) is 6.68. The van der Waals surface area contributed by atoms with Crippen LogP contribution in [0, 0.1) is 5.92 Å². The van der Waals surface area contributed by atoms with E-state index < -0.39 is 5.60 Å². The van der Waals surface area contributed by atoms with Gasteiger partial charge in [-0.1, -0.05) is 0 Å². The lowest BCUT2D eigenvalue weighted by atomic mass is 10.1. The molecular weight excluding hydrogens is 242 g/mol. The molecule has 2 saturated heterocycles. The van der Waals surface area contributed by atoms with Crippen molar-refractivity contribution >= 4 is 6.09 Å². The van der Waals surface area contributed by atoms with Crippen LogP contribution in [0.25, 0.3) is 0 Å². The highest BCUT2D eigenvalue weighted by Crippen LogP contribution is 2.19. The summed E-state index contributed by atoms with van der Waals surface area (Å²) in [6.07, 6.45) is 2.12. The molecule has 2 unspecified atom stereocenters. The van der Waals surface area contributed by atoms with Crippen molar-refractivity contribution in [1.29, 1.82) is 0 Å². The van der Waals surface area contributed by atoms with Gasteiger partial charge in [0, 0.05) is 32.2 Å². The molecule has 0 aromatic rings. The van der Waals surface area contributed by atoms with Gasteiger partial charge in [0.1, 0.15) is 5.60 Å². The maximum Gasteiger partial charge on any atom is 0.410 e. The highest BCUT2D eigenvalue weighted by Gasteiger charge is 2.30.